The summed E-state index contributed by atoms with van der Waals surface area (Å²) in [6, 6.07) is 12.4. The lowest BCUT2D eigenvalue weighted by molar-refractivity contribution is 1.30. The fourth-order valence-corrected chi connectivity index (χ4v) is 1.65. The second kappa shape index (κ2) is 2.77. The van der Waals surface area contributed by atoms with Crippen LogP contribution >= 0.6 is 0 Å². The van der Waals surface area contributed by atoms with Crippen LogP contribution in [0.3, 0.4) is 0 Å². The van der Waals surface area contributed by atoms with Gasteiger partial charge in [0.15, 0.2) is 0 Å². The Balaban J connectivity index is 2.52. The molecule has 0 aliphatic heterocycles. The van der Waals surface area contributed by atoms with E-state index in [-0.39, 0.29) is 0 Å². The van der Waals surface area contributed by atoms with Crippen LogP contribution in [0.1, 0.15) is 0 Å². The van der Waals surface area contributed by atoms with E-state index in [0.29, 0.717) is 0 Å². The second-order valence-electron chi connectivity index (χ2n) is 3.24. The van der Waals surface area contributed by atoms with Crippen LogP contribution in [-0.4, -0.2) is 9.97 Å². The second-order valence-corrected chi connectivity index (χ2v) is 3.24. The van der Waals surface area contributed by atoms with Gasteiger partial charge in [-0.15, -0.1) is 0 Å². The lowest BCUT2D eigenvalue weighted by Gasteiger charge is -1.99. The van der Waals surface area contributed by atoms with Crippen LogP contribution in [0, 0.1) is 0 Å². The summed E-state index contributed by atoms with van der Waals surface area (Å²) in [5.74, 6) is 0. The number of rotatable bonds is 0. The zero-order chi connectivity index (χ0) is 9.38. The van der Waals surface area contributed by atoms with Crippen molar-refractivity contribution >= 4 is 21.8 Å². The summed E-state index contributed by atoms with van der Waals surface area (Å²) in [6.45, 7) is 0. The van der Waals surface area contributed by atoms with E-state index < -0.39 is 0 Å². The number of nitrogens with zero attached hydrogens (tertiary/aromatic N) is 2. The minimum atomic E-state index is 0.950. The summed E-state index contributed by atoms with van der Waals surface area (Å²) in [4.78, 5) is 8.54. The van der Waals surface area contributed by atoms with E-state index in [4.69, 9.17) is 0 Å². The van der Waals surface area contributed by atoms with Crippen molar-refractivity contribution in [1.29, 1.82) is 0 Å². The van der Waals surface area contributed by atoms with Crippen molar-refractivity contribution in [2.75, 3.05) is 0 Å². The minimum Gasteiger partial charge on any atom is -0.253 e. The van der Waals surface area contributed by atoms with Gasteiger partial charge in [-0.05, 0) is 22.9 Å². The molecule has 0 saturated heterocycles. The molecule has 0 bridgehead atoms. The number of hydrogen-bond donors (Lipinski definition) is 0. The molecule has 2 aromatic carbocycles. The fourth-order valence-electron chi connectivity index (χ4n) is 1.65. The Hall–Kier alpha value is -1.96. The Bertz CT molecular complexity index is 497. The minimum absolute atomic E-state index is 0.950. The van der Waals surface area contributed by atoms with E-state index in [2.05, 4.69) is 34.2 Å². The van der Waals surface area contributed by atoms with Crippen molar-refractivity contribution in [2.45, 2.75) is 0 Å². The highest BCUT2D eigenvalue weighted by Crippen LogP contribution is 2.18. The molecule has 0 N–H and O–H groups in total. The average Bonchev–Trinajstić information content (AvgIpc) is 2.26. The first-order chi connectivity index (χ1) is 6.93. The normalized spacial score (nSPS) is 10.9. The smallest absolute Gasteiger partial charge is 0.0893 e. The quantitative estimate of drug-likeness (QED) is 0.497. The molecule has 0 saturated carbocycles. The SMILES string of the molecule is c1ccc2cc3nccnc3cc2c1. The Labute approximate surface area is 81.2 Å². The summed E-state index contributed by atoms with van der Waals surface area (Å²) in [5.41, 5.74) is 1.90. The first-order valence-corrected chi connectivity index (χ1v) is 4.53. The maximum Gasteiger partial charge on any atom is 0.0893 e. The maximum atomic E-state index is 4.27. The Morgan fingerprint density at radius 3 is 1.71 bits per heavy atom. The van der Waals surface area contributed by atoms with E-state index >= 15 is 0 Å². The molecule has 0 aliphatic rings. The fraction of sp³-hybridized carbons (Fsp3) is 0. The Kier molecular flexibility index (Phi) is 1.47. The number of fused-ring (bicyclic) bond motifs is 2. The highest BCUT2D eigenvalue weighted by atomic mass is 14.8. The molecule has 2 nitrogen and oxygen atoms in total. The Morgan fingerprint density at radius 1 is 0.714 bits per heavy atom. The van der Waals surface area contributed by atoms with E-state index in [1.165, 1.54) is 10.8 Å². The molecule has 66 valence electrons. The van der Waals surface area contributed by atoms with Gasteiger partial charge in [0, 0.05) is 12.4 Å². The zero-order valence-electron chi connectivity index (χ0n) is 7.51. The van der Waals surface area contributed by atoms with Crippen LogP contribution in [-0.2, 0) is 0 Å². The number of aromatic nitrogens is 2. The third-order valence-corrected chi connectivity index (χ3v) is 2.34. The lowest BCUT2D eigenvalue weighted by atomic mass is 10.1. The average molecular weight is 180 g/mol. The lowest BCUT2D eigenvalue weighted by Crippen LogP contribution is -1.82. The van der Waals surface area contributed by atoms with Crippen molar-refractivity contribution < 1.29 is 0 Å². The van der Waals surface area contributed by atoms with Crippen LogP contribution in [0.5, 0.6) is 0 Å². The largest absolute Gasteiger partial charge is 0.253 e. The molecule has 0 radical (unpaired) electrons. The molecular weight excluding hydrogens is 172 g/mol. The van der Waals surface area contributed by atoms with Gasteiger partial charge in [0.25, 0.3) is 0 Å². The van der Waals surface area contributed by atoms with E-state index in [1.807, 2.05) is 12.1 Å². The highest BCUT2D eigenvalue weighted by molar-refractivity contribution is 5.94. The molecule has 1 aromatic heterocycles. The van der Waals surface area contributed by atoms with Gasteiger partial charge in [-0.25, -0.2) is 0 Å². The van der Waals surface area contributed by atoms with Gasteiger partial charge in [0.1, 0.15) is 0 Å². The maximum absolute atomic E-state index is 4.27. The molecule has 0 atom stereocenters. The summed E-state index contributed by atoms with van der Waals surface area (Å²) in [7, 11) is 0. The van der Waals surface area contributed by atoms with Gasteiger partial charge in [-0.2, -0.15) is 0 Å². The number of benzene rings is 2. The first kappa shape index (κ1) is 7.44. The summed E-state index contributed by atoms with van der Waals surface area (Å²) in [5, 5.41) is 2.42. The van der Waals surface area contributed by atoms with Crippen molar-refractivity contribution in [3.05, 3.63) is 48.8 Å². The molecule has 2 heteroatoms. The predicted molar refractivity (Wildman–Crippen MR) is 57.0 cm³/mol. The monoisotopic (exact) mass is 180 g/mol. The van der Waals surface area contributed by atoms with E-state index in [1.54, 1.807) is 12.4 Å². The third kappa shape index (κ3) is 1.04. The van der Waals surface area contributed by atoms with Crippen molar-refractivity contribution in [3.63, 3.8) is 0 Å². The van der Waals surface area contributed by atoms with Gasteiger partial charge < -0.3 is 0 Å². The molecule has 0 fully saturated rings. The van der Waals surface area contributed by atoms with Gasteiger partial charge in [0.05, 0.1) is 11.0 Å². The van der Waals surface area contributed by atoms with Crippen LogP contribution < -0.4 is 0 Å². The molecule has 0 amide bonds. The standard InChI is InChI=1S/C12H8N2/c1-2-4-10-8-12-11(7-9(10)3-1)13-5-6-14-12/h1-8H. The first-order valence-electron chi connectivity index (χ1n) is 4.53. The van der Waals surface area contributed by atoms with E-state index in [0.717, 1.165) is 11.0 Å². The topological polar surface area (TPSA) is 25.8 Å². The zero-order valence-corrected chi connectivity index (χ0v) is 7.51. The highest BCUT2D eigenvalue weighted by Gasteiger charge is 1.97. The molecule has 1 heterocycles. The molecular formula is C12H8N2. The molecule has 0 spiro atoms. The van der Waals surface area contributed by atoms with Crippen LogP contribution in [0.2, 0.25) is 0 Å². The van der Waals surface area contributed by atoms with Gasteiger partial charge in [-0.3, -0.25) is 9.97 Å². The summed E-state index contributed by atoms with van der Waals surface area (Å²) in [6.07, 6.45) is 3.44. The molecule has 3 aromatic rings. The third-order valence-electron chi connectivity index (χ3n) is 2.34. The van der Waals surface area contributed by atoms with Crippen molar-refractivity contribution in [3.8, 4) is 0 Å². The van der Waals surface area contributed by atoms with Crippen molar-refractivity contribution in [1.82, 2.24) is 9.97 Å². The van der Waals surface area contributed by atoms with Gasteiger partial charge in [0.2, 0.25) is 0 Å². The van der Waals surface area contributed by atoms with Crippen molar-refractivity contribution in [2.24, 2.45) is 0 Å². The molecule has 0 aliphatic carbocycles. The molecule has 0 unspecified atom stereocenters. The van der Waals surface area contributed by atoms with E-state index in [9.17, 15) is 0 Å². The number of hydrogen-bond acceptors (Lipinski definition) is 2. The molecule has 14 heavy (non-hydrogen) atoms. The molecule has 3 rings (SSSR count). The van der Waals surface area contributed by atoms with Gasteiger partial charge >= 0.3 is 0 Å². The van der Waals surface area contributed by atoms with Crippen LogP contribution in [0.4, 0.5) is 0 Å². The van der Waals surface area contributed by atoms with Gasteiger partial charge in [-0.1, -0.05) is 24.3 Å². The Morgan fingerprint density at radius 2 is 1.21 bits per heavy atom. The van der Waals surface area contributed by atoms with Crippen LogP contribution in [0.15, 0.2) is 48.8 Å². The summed E-state index contributed by atoms with van der Waals surface area (Å²) < 4.78 is 0. The predicted octanol–water partition coefficient (Wildman–Crippen LogP) is 2.78. The summed E-state index contributed by atoms with van der Waals surface area (Å²) >= 11 is 0. The van der Waals surface area contributed by atoms with Crippen LogP contribution in [0.25, 0.3) is 21.8 Å².